The van der Waals surface area contributed by atoms with Crippen molar-refractivity contribution in [2.45, 2.75) is 56.8 Å². The zero-order valence-corrected chi connectivity index (χ0v) is 22.9. The van der Waals surface area contributed by atoms with Crippen LogP contribution < -0.4 is 5.69 Å². The second kappa shape index (κ2) is 9.88. The van der Waals surface area contributed by atoms with Gasteiger partial charge in [-0.1, -0.05) is 19.1 Å². The van der Waals surface area contributed by atoms with Crippen molar-refractivity contribution in [1.82, 2.24) is 28.6 Å². The number of hydrogen-bond donors (Lipinski definition) is 0. The van der Waals surface area contributed by atoms with Gasteiger partial charge < -0.3 is 9.30 Å². The van der Waals surface area contributed by atoms with Gasteiger partial charge in [0.05, 0.1) is 28.3 Å². The lowest BCUT2D eigenvalue weighted by Gasteiger charge is -2.46. The van der Waals surface area contributed by atoms with Crippen molar-refractivity contribution in [1.29, 1.82) is 0 Å². The Labute approximate surface area is 230 Å². The van der Waals surface area contributed by atoms with Crippen LogP contribution in [0.5, 0.6) is 0 Å². The molecule has 1 aliphatic heterocycles. The van der Waals surface area contributed by atoms with Gasteiger partial charge in [0.25, 0.3) is 0 Å². The van der Waals surface area contributed by atoms with Crippen LogP contribution >= 0.6 is 0 Å². The molecule has 1 saturated heterocycles. The Morgan fingerprint density at radius 2 is 1.98 bits per heavy atom. The van der Waals surface area contributed by atoms with E-state index in [1.54, 1.807) is 25.7 Å². The van der Waals surface area contributed by atoms with Crippen LogP contribution in [-0.4, -0.2) is 54.9 Å². The molecular formula is C29H33F3N6O2. The van der Waals surface area contributed by atoms with Gasteiger partial charge in [0.2, 0.25) is 0 Å². The van der Waals surface area contributed by atoms with Gasteiger partial charge in [0.1, 0.15) is 12.2 Å². The number of piperidine rings is 1. The van der Waals surface area contributed by atoms with Gasteiger partial charge in [-0.3, -0.25) is 13.9 Å². The zero-order chi connectivity index (χ0) is 28.2. The summed E-state index contributed by atoms with van der Waals surface area (Å²) in [6.07, 6.45) is 3.45. The molecule has 6 rings (SSSR count). The highest BCUT2D eigenvalue weighted by molar-refractivity contribution is 5.58. The Morgan fingerprint density at radius 3 is 2.65 bits per heavy atom. The van der Waals surface area contributed by atoms with Crippen LogP contribution in [0.1, 0.15) is 55.1 Å². The molecule has 0 spiro atoms. The average molecular weight is 555 g/mol. The number of hydrogen-bond acceptors (Lipinski definition) is 5. The number of rotatable bonds is 6. The Bertz CT molecular complexity index is 1600. The Kier molecular flexibility index (Phi) is 6.61. The normalized spacial score (nSPS) is 23.9. The minimum Gasteiger partial charge on any atom is -0.381 e. The number of benzene rings is 1. The number of fused-ring (bicyclic) bond motifs is 1. The third kappa shape index (κ3) is 4.54. The second-order valence-electron chi connectivity index (χ2n) is 11.4. The summed E-state index contributed by atoms with van der Waals surface area (Å²) in [6, 6.07) is 8.58. The minimum atomic E-state index is -4.60. The van der Waals surface area contributed by atoms with E-state index < -0.39 is 22.8 Å². The van der Waals surface area contributed by atoms with Crippen molar-refractivity contribution in [2.24, 2.45) is 13.0 Å². The number of imidazole rings is 1. The summed E-state index contributed by atoms with van der Waals surface area (Å²) in [5.74, 6) is 1.28. The smallest absolute Gasteiger partial charge is 0.381 e. The lowest BCUT2D eigenvalue weighted by molar-refractivity contribution is -0.136. The van der Waals surface area contributed by atoms with E-state index in [1.165, 1.54) is 16.8 Å². The zero-order valence-electron chi connectivity index (χ0n) is 22.9. The maximum Gasteiger partial charge on any atom is 0.418 e. The number of methoxy groups -OCH3 is 1. The summed E-state index contributed by atoms with van der Waals surface area (Å²) in [5.41, 5.74) is -0.1000. The monoisotopic (exact) mass is 554 g/mol. The second-order valence-corrected chi connectivity index (χ2v) is 11.4. The predicted octanol–water partition coefficient (Wildman–Crippen LogP) is 4.56. The summed E-state index contributed by atoms with van der Waals surface area (Å²) in [4.78, 5) is 15.8. The molecule has 0 N–H and O–H groups in total. The van der Waals surface area contributed by atoms with Gasteiger partial charge >= 0.3 is 11.9 Å². The van der Waals surface area contributed by atoms with E-state index in [9.17, 15) is 18.0 Å². The summed E-state index contributed by atoms with van der Waals surface area (Å²) in [5, 5.41) is 8.43. The molecule has 1 aliphatic carbocycles. The first-order chi connectivity index (χ1) is 19.1. The number of likely N-dealkylation sites (tertiary alicyclic amines) is 1. The largest absolute Gasteiger partial charge is 0.418 e. The third-order valence-corrected chi connectivity index (χ3v) is 8.58. The van der Waals surface area contributed by atoms with Crippen molar-refractivity contribution in [2.75, 3.05) is 20.2 Å². The van der Waals surface area contributed by atoms with Crippen LogP contribution in [0.4, 0.5) is 13.2 Å². The number of pyridine rings is 1. The van der Waals surface area contributed by atoms with E-state index in [1.807, 2.05) is 29.8 Å². The van der Waals surface area contributed by atoms with Crippen LogP contribution in [0.15, 0.2) is 53.8 Å². The molecule has 0 bridgehead atoms. The lowest BCUT2D eigenvalue weighted by atomic mass is 9.62. The summed E-state index contributed by atoms with van der Waals surface area (Å²) in [6.45, 7) is 4.20. The van der Waals surface area contributed by atoms with Crippen LogP contribution in [0, 0.1) is 5.92 Å². The van der Waals surface area contributed by atoms with Gasteiger partial charge in [-0.15, -0.1) is 10.2 Å². The molecule has 1 aromatic carbocycles. The topological polar surface area (TPSA) is 69.6 Å². The standard InChI is InChI=1S/C29H33F3N6O2/c1-19-6-5-9-36(14-19)15-20-10-24(29(30,31)32)25-17-37(27(39)38(25)16-20)22-8-4-7-21(11-22)28(12-23(13-28)40-3)26-34-33-18-35(26)2/h4,7-8,10-11,16-19,23H,5-6,9,12-15H2,1-3H3/t19-,23-,28-/m0/s1. The summed E-state index contributed by atoms with van der Waals surface area (Å²) < 4.78 is 52.6. The molecule has 4 aromatic rings. The van der Waals surface area contributed by atoms with Gasteiger partial charge in [0.15, 0.2) is 0 Å². The molecular weight excluding hydrogens is 521 g/mol. The Morgan fingerprint density at radius 1 is 1.18 bits per heavy atom. The average Bonchev–Trinajstić information content (AvgIpc) is 3.46. The van der Waals surface area contributed by atoms with Crippen molar-refractivity contribution < 1.29 is 17.9 Å². The van der Waals surface area contributed by atoms with Gasteiger partial charge in [-0.25, -0.2) is 4.79 Å². The van der Waals surface area contributed by atoms with E-state index in [-0.39, 0.29) is 11.6 Å². The Balaban J connectivity index is 1.43. The first-order valence-corrected chi connectivity index (χ1v) is 13.6. The molecule has 0 unspecified atom stereocenters. The molecule has 212 valence electrons. The van der Waals surface area contributed by atoms with Crippen LogP contribution in [0.25, 0.3) is 11.2 Å². The number of halogens is 3. The fourth-order valence-corrected chi connectivity index (χ4v) is 6.53. The summed E-state index contributed by atoms with van der Waals surface area (Å²) in [7, 11) is 3.55. The highest BCUT2D eigenvalue weighted by Crippen LogP contribution is 2.49. The van der Waals surface area contributed by atoms with Crippen molar-refractivity contribution >= 4 is 5.52 Å². The maximum atomic E-state index is 14.3. The predicted molar refractivity (Wildman–Crippen MR) is 143 cm³/mol. The van der Waals surface area contributed by atoms with E-state index in [4.69, 9.17) is 4.74 Å². The maximum absolute atomic E-state index is 14.3. The number of ether oxygens (including phenoxy) is 1. The van der Waals surface area contributed by atoms with E-state index in [0.717, 1.165) is 41.7 Å². The van der Waals surface area contributed by atoms with Crippen LogP contribution in [0.2, 0.25) is 0 Å². The van der Waals surface area contributed by atoms with Gasteiger partial charge in [0, 0.05) is 39.6 Å². The quantitative estimate of drug-likeness (QED) is 0.350. The summed E-state index contributed by atoms with van der Waals surface area (Å²) >= 11 is 0. The molecule has 40 heavy (non-hydrogen) atoms. The van der Waals surface area contributed by atoms with Gasteiger partial charge in [-0.2, -0.15) is 13.2 Å². The molecule has 0 amide bonds. The molecule has 4 heterocycles. The molecule has 0 radical (unpaired) electrons. The first-order valence-electron chi connectivity index (χ1n) is 13.6. The number of aromatic nitrogens is 5. The van der Waals surface area contributed by atoms with Crippen LogP contribution in [0.3, 0.4) is 0 Å². The molecule has 11 heteroatoms. The fraction of sp³-hybridized carbons (Fsp3) is 0.483. The number of aryl methyl sites for hydroxylation is 1. The van der Waals surface area contributed by atoms with Gasteiger partial charge in [-0.05, 0) is 67.5 Å². The van der Waals surface area contributed by atoms with Crippen molar-refractivity contribution in [3.8, 4) is 5.69 Å². The van der Waals surface area contributed by atoms with Crippen molar-refractivity contribution in [3.63, 3.8) is 0 Å². The first kappa shape index (κ1) is 26.8. The van der Waals surface area contributed by atoms with E-state index in [2.05, 4.69) is 22.0 Å². The fourth-order valence-electron chi connectivity index (χ4n) is 6.53. The highest BCUT2D eigenvalue weighted by atomic mass is 19.4. The Hall–Kier alpha value is -3.44. The molecule has 1 atom stereocenters. The van der Waals surface area contributed by atoms with Crippen molar-refractivity contribution in [3.05, 3.63) is 82.1 Å². The van der Waals surface area contributed by atoms with Crippen LogP contribution in [-0.2, 0) is 29.9 Å². The molecule has 3 aromatic heterocycles. The lowest BCUT2D eigenvalue weighted by Crippen LogP contribution is -2.48. The SMILES string of the molecule is CO[C@H]1C[C@](c2cccc(-n3cc4c(C(F)(F)F)cc(CN5CCC[C@H](C)C5)cn4c3=O)c2)(c2nncn2C)C1. The van der Waals surface area contributed by atoms with E-state index >= 15 is 0 Å². The molecule has 2 aliphatic rings. The molecule has 2 fully saturated rings. The molecule has 8 nitrogen and oxygen atoms in total. The number of nitrogens with zero attached hydrogens (tertiary/aromatic N) is 6. The molecule has 1 saturated carbocycles. The third-order valence-electron chi connectivity index (χ3n) is 8.58. The minimum absolute atomic E-state index is 0.0517. The van der Waals surface area contributed by atoms with E-state index in [0.29, 0.717) is 36.6 Å². The number of alkyl halides is 3. The highest BCUT2D eigenvalue weighted by Gasteiger charge is 2.50.